The van der Waals surface area contributed by atoms with Crippen molar-refractivity contribution >= 4 is 68.9 Å². The quantitative estimate of drug-likeness (QED) is 0.144. The van der Waals surface area contributed by atoms with Crippen molar-refractivity contribution in [2.24, 2.45) is 11.8 Å². The van der Waals surface area contributed by atoms with Crippen LogP contribution in [0.2, 0.25) is 18.1 Å². The topological polar surface area (TPSA) is 220 Å². The summed E-state index contributed by atoms with van der Waals surface area (Å²) in [6.45, 7) is 3.96. The van der Waals surface area contributed by atoms with Crippen molar-refractivity contribution in [3.63, 3.8) is 0 Å². The van der Waals surface area contributed by atoms with Crippen LogP contribution in [0.15, 0.2) is 29.7 Å². The second kappa shape index (κ2) is 15.6. The molecular formula is C30H44FN7O11P2S2Si. The zero-order valence-electron chi connectivity index (χ0n) is 30.5. The number of nitrogens with zero attached hydrogens (tertiary/aromatic N) is 5. The number of aromatic nitrogens is 6. The second-order valence-corrected chi connectivity index (χ2v) is 25.5. The summed E-state index contributed by atoms with van der Waals surface area (Å²) in [5, 5.41) is 2.24. The van der Waals surface area contributed by atoms with Gasteiger partial charge in [0.1, 0.15) is 36.8 Å². The van der Waals surface area contributed by atoms with Crippen molar-refractivity contribution in [1.82, 2.24) is 29.5 Å². The van der Waals surface area contributed by atoms with Gasteiger partial charge >= 0.3 is 13.5 Å². The number of fused-ring (bicyclic) bond motifs is 4. The molecule has 0 spiro atoms. The first-order chi connectivity index (χ1) is 25.1. The van der Waals surface area contributed by atoms with Crippen LogP contribution in [0.25, 0.3) is 11.2 Å². The standard InChI is InChI=1S/C30H44FN7O11P2S2Si/c1-15(2)26(39)36-29-35-25-21(27(40)37-29)34-14-38(25)28-24-23(49-54(6,7)30(3,4)5)18(46-28)12-44-51(42,53)47-22-16(11-43-50(41,52)48-24)10-17(20(22)31)45-19-8-9-32-13-33-19/h8-9,13-18,20,22-24,28H,10-12H2,1-7H3,(H,41,52)(H,42,53)(H2,35,36,37,39,40)/t16-,17-,18-,20+,22-,23-,24-,28-,50+,51-/m1/s1. The summed E-state index contributed by atoms with van der Waals surface area (Å²) >= 11 is 9.75. The molecule has 3 fully saturated rings. The van der Waals surface area contributed by atoms with Crippen molar-refractivity contribution in [2.75, 3.05) is 18.5 Å². The molecule has 5 heterocycles. The Kier molecular flexibility index (Phi) is 12.0. The van der Waals surface area contributed by atoms with Gasteiger partial charge in [0, 0.05) is 24.1 Å². The number of amides is 1. The number of thiol groups is 1. The molecule has 298 valence electrons. The summed E-state index contributed by atoms with van der Waals surface area (Å²) in [6, 6.07) is 1.46. The molecule has 0 unspecified atom stereocenters. The molecule has 3 aromatic heterocycles. The van der Waals surface area contributed by atoms with E-state index in [1.807, 2.05) is 33.9 Å². The molecule has 3 N–H and O–H groups in total. The van der Waals surface area contributed by atoms with Gasteiger partial charge in [0.15, 0.2) is 31.9 Å². The first-order valence-corrected chi connectivity index (χ1v) is 25.3. The van der Waals surface area contributed by atoms with Gasteiger partial charge in [-0.2, -0.15) is 4.98 Å². The highest BCUT2D eigenvalue weighted by atomic mass is 32.7. The molecule has 10 atom stereocenters. The first kappa shape index (κ1) is 41.4. The summed E-state index contributed by atoms with van der Waals surface area (Å²) in [7, 11) is -2.70. The summed E-state index contributed by atoms with van der Waals surface area (Å²) in [5.41, 5.74) is -0.735. The number of aromatic amines is 1. The van der Waals surface area contributed by atoms with Crippen molar-refractivity contribution in [3.8, 4) is 5.88 Å². The van der Waals surface area contributed by atoms with Crippen molar-refractivity contribution in [3.05, 3.63) is 35.3 Å². The van der Waals surface area contributed by atoms with Crippen LogP contribution in [0.1, 0.15) is 47.3 Å². The zero-order valence-corrected chi connectivity index (χ0v) is 35.0. The molecule has 1 amide bonds. The minimum absolute atomic E-state index is 0.00181. The van der Waals surface area contributed by atoms with Crippen molar-refractivity contribution in [1.29, 1.82) is 0 Å². The van der Waals surface area contributed by atoms with Gasteiger partial charge in [0.25, 0.3) is 5.56 Å². The lowest BCUT2D eigenvalue weighted by molar-refractivity contribution is -0.118. The molecule has 1 aliphatic carbocycles. The van der Waals surface area contributed by atoms with Crippen LogP contribution < -0.4 is 15.6 Å². The van der Waals surface area contributed by atoms with Gasteiger partial charge in [-0.05, 0) is 36.4 Å². The van der Waals surface area contributed by atoms with E-state index in [1.54, 1.807) is 13.8 Å². The predicted molar refractivity (Wildman–Crippen MR) is 202 cm³/mol. The van der Waals surface area contributed by atoms with E-state index in [2.05, 4.69) is 42.5 Å². The maximum absolute atomic E-state index is 16.0. The number of hydrogen-bond donors (Lipinski definition) is 4. The average molecular weight is 852 g/mol. The molecule has 0 aromatic carbocycles. The number of ether oxygens (including phenoxy) is 2. The minimum atomic E-state index is -4.34. The van der Waals surface area contributed by atoms with Crippen LogP contribution in [0.4, 0.5) is 10.3 Å². The van der Waals surface area contributed by atoms with Crippen molar-refractivity contribution < 1.29 is 50.6 Å². The highest BCUT2D eigenvalue weighted by Crippen LogP contribution is 2.59. The summed E-state index contributed by atoms with van der Waals surface area (Å²) in [6.07, 6.45) is -5.06. The highest BCUT2D eigenvalue weighted by Gasteiger charge is 2.55. The molecule has 3 aromatic rings. The van der Waals surface area contributed by atoms with E-state index in [0.717, 1.165) is 0 Å². The molecule has 2 bridgehead atoms. The van der Waals surface area contributed by atoms with Gasteiger partial charge in [-0.25, -0.2) is 23.9 Å². The largest absolute Gasteiger partial charge is 0.471 e. The molecule has 24 heteroatoms. The van der Waals surface area contributed by atoms with Crippen molar-refractivity contribution in [2.45, 2.75) is 102 Å². The van der Waals surface area contributed by atoms with Crippen LogP contribution in [0.3, 0.4) is 0 Å². The molecule has 18 nitrogen and oxygen atoms in total. The Morgan fingerprint density at radius 1 is 1.22 bits per heavy atom. The normalized spacial score (nSPS) is 33.8. The fourth-order valence-electron chi connectivity index (χ4n) is 5.95. The van der Waals surface area contributed by atoms with E-state index in [4.69, 9.17) is 43.8 Å². The molecule has 6 rings (SSSR count). The second-order valence-electron chi connectivity index (χ2n) is 15.1. The van der Waals surface area contributed by atoms with E-state index in [9.17, 15) is 19.0 Å². The lowest BCUT2D eigenvalue weighted by Gasteiger charge is -2.40. The minimum Gasteiger partial charge on any atom is -0.471 e. The molecular weight excluding hydrogens is 808 g/mol. The Balaban J connectivity index is 1.38. The first-order valence-electron chi connectivity index (χ1n) is 17.1. The smallest absolute Gasteiger partial charge is 0.386 e. The molecule has 1 saturated carbocycles. The Morgan fingerprint density at radius 2 is 1.96 bits per heavy atom. The molecule has 3 aliphatic rings. The van der Waals surface area contributed by atoms with E-state index in [0.29, 0.717) is 0 Å². The van der Waals surface area contributed by atoms with Crippen LogP contribution in [0.5, 0.6) is 5.88 Å². The lowest BCUT2D eigenvalue weighted by Crippen LogP contribution is -2.50. The Labute approximate surface area is 321 Å². The average Bonchev–Trinajstić information content (AvgIpc) is 3.72. The predicted octanol–water partition coefficient (Wildman–Crippen LogP) is 4.67. The lowest BCUT2D eigenvalue weighted by atomic mass is 10.1. The third-order valence-electron chi connectivity index (χ3n) is 9.85. The molecule has 54 heavy (non-hydrogen) atoms. The zero-order chi connectivity index (χ0) is 39.4. The maximum Gasteiger partial charge on any atom is 0.386 e. The van der Waals surface area contributed by atoms with Crippen LogP contribution in [-0.4, -0.2) is 98.5 Å². The van der Waals surface area contributed by atoms with Gasteiger partial charge < -0.3 is 23.3 Å². The van der Waals surface area contributed by atoms with Crippen LogP contribution in [-0.2, 0) is 48.4 Å². The Morgan fingerprint density at radius 3 is 2.63 bits per heavy atom. The number of carbonyl (C=O) groups is 1. The maximum atomic E-state index is 16.0. The number of rotatable bonds is 7. The summed E-state index contributed by atoms with van der Waals surface area (Å²) in [4.78, 5) is 56.2. The number of anilines is 1. The third kappa shape index (κ3) is 9.00. The monoisotopic (exact) mass is 851 g/mol. The molecule has 2 aliphatic heterocycles. The van der Waals surface area contributed by atoms with Gasteiger partial charge in [-0.15, -0.1) is 0 Å². The summed E-state index contributed by atoms with van der Waals surface area (Å²) in [5.74, 6) is -1.69. The van der Waals surface area contributed by atoms with E-state index in [-0.39, 0.29) is 34.5 Å². The number of carbonyl (C=O) groups excluding carboxylic acids is 1. The number of H-pyrrole nitrogens is 1. The van der Waals surface area contributed by atoms with Crippen LogP contribution in [0, 0.1) is 11.8 Å². The van der Waals surface area contributed by atoms with Gasteiger partial charge in [-0.3, -0.25) is 38.0 Å². The van der Waals surface area contributed by atoms with Crippen LogP contribution >= 0.6 is 25.8 Å². The SMILES string of the molecule is CC(C)C(=O)Nc1nc2c(ncn2[C@@H]2O[C@@H]3CO[P@@](=O)(S)O[C@@H]4[C@@H](CO[P@](O)(=S)O[C@@H]2[C@@H]3O[Si](C)(C)C(C)(C)C)C[C@@H](Oc2ccncn2)[C@@H]4F)c(=O)[nH]1. The van der Waals surface area contributed by atoms with Gasteiger partial charge in [0.2, 0.25) is 17.7 Å². The molecule has 0 radical (unpaired) electrons. The Bertz CT molecular complexity index is 2010. The molecule has 2 saturated heterocycles. The number of hydrogen-bond acceptors (Lipinski definition) is 15. The summed E-state index contributed by atoms with van der Waals surface area (Å²) < 4.78 is 74.0. The van der Waals surface area contributed by atoms with Gasteiger partial charge in [-0.1, -0.05) is 46.9 Å². The third-order valence-corrected chi connectivity index (χ3v) is 17.5. The van der Waals surface area contributed by atoms with Gasteiger partial charge in [0.05, 0.1) is 19.5 Å². The van der Waals surface area contributed by atoms with E-state index < -0.39 is 101 Å². The fourth-order valence-corrected chi connectivity index (χ4v) is 10.2. The highest BCUT2D eigenvalue weighted by molar-refractivity contribution is 8.44. The Hall–Kier alpha value is -2.20. The number of alkyl halides is 1. The van der Waals surface area contributed by atoms with E-state index in [1.165, 1.54) is 29.5 Å². The number of imidazole rings is 1. The van der Waals surface area contributed by atoms with E-state index >= 15 is 4.39 Å². The number of nitrogens with one attached hydrogen (secondary N) is 2. The number of halogens is 1. The fraction of sp³-hybridized carbons (Fsp3) is 0.667.